The van der Waals surface area contributed by atoms with Gasteiger partial charge < -0.3 is 4.74 Å². The van der Waals surface area contributed by atoms with Gasteiger partial charge >= 0.3 is 14.3 Å². The zero-order valence-corrected chi connectivity index (χ0v) is 12.7. The van der Waals surface area contributed by atoms with Crippen molar-refractivity contribution in [3.8, 4) is 0 Å². The van der Waals surface area contributed by atoms with Crippen molar-refractivity contribution >= 4 is 36.2 Å². The van der Waals surface area contributed by atoms with Gasteiger partial charge in [0.15, 0.2) is 0 Å². The molecule has 0 unspecified atom stereocenters. The van der Waals surface area contributed by atoms with E-state index in [1.165, 1.54) is 0 Å². The number of rotatable bonds is 2. The van der Waals surface area contributed by atoms with Crippen LogP contribution in [0.5, 0.6) is 0 Å². The van der Waals surface area contributed by atoms with Gasteiger partial charge in [0.2, 0.25) is 5.91 Å². The molecule has 1 aliphatic rings. The Morgan fingerprint density at radius 1 is 1.40 bits per heavy atom. The molecule has 1 aromatic rings. The number of hydrogen-bond donors (Lipinski definition) is 2. The van der Waals surface area contributed by atoms with Crippen molar-refractivity contribution in [2.75, 3.05) is 11.9 Å². The highest BCUT2D eigenvalue weighted by Gasteiger charge is 2.38. The molecule has 1 aromatic carbocycles. The number of nitrogens with zero attached hydrogens (tertiary/aromatic N) is 1. The van der Waals surface area contributed by atoms with E-state index in [1.807, 2.05) is 30.3 Å². The molecular weight excluding hydrogens is 353 g/mol. The number of amides is 2. The van der Waals surface area contributed by atoms with Gasteiger partial charge in [0.25, 0.3) is 0 Å². The molecule has 0 saturated carbocycles. The maximum atomic E-state index is 11.6. The molecule has 1 atom stereocenters. The second kappa shape index (κ2) is 8.06. The Kier molecular flexibility index (Phi) is 6.74. The molecule has 0 aromatic heterocycles. The molecule has 0 aliphatic carbocycles. The van der Waals surface area contributed by atoms with E-state index in [1.54, 1.807) is 0 Å². The first-order chi connectivity index (χ1) is 9.47. The largest absolute Gasteiger partial charge is 0.692 e. The van der Waals surface area contributed by atoms with Crippen molar-refractivity contribution in [3.63, 3.8) is 0 Å². The van der Waals surface area contributed by atoms with Crippen molar-refractivity contribution in [2.24, 2.45) is 0 Å². The molecule has 108 valence electrons. The van der Waals surface area contributed by atoms with Gasteiger partial charge in [-0.3, -0.25) is 4.79 Å². The second-order valence-electron chi connectivity index (χ2n) is 3.65. The summed E-state index contributed by atoms with van der Waals surface area (Å²) in [6, 6.07) is 9.07. The van der Waals surface area contributed by atoms with E-state index in [0.29, 0.717) is 0 Å². The Bertz CT molecular complexity index is 493. The van der Waals surface area contributed by atoms with Crippen LogP contribution in [0.1, 0.15) is 11.6 Å². The minimum absolute atomic E-state index is 0.117. The molecule has 1 fully saturated rings. The Morgan fingerprint density at radius 2 is 1.95 bits per heavy atom. The molecule has 2 N–H and O–H groups in total. The Hall–Kier alpha value is -1.34. The Balaban J connectivity index is 0.000000444. The highest BCUT2D eigenvalue weighted by Crippen LogP contribution is 2.27. The number of hydrogen-bond acceptors (Lipinski definition) is 4. The van der Waals surface area contributed by atoms with Crippen LogP contribution in [0.25, 0.3) is 0 Å². The van der Waals surface area contributed by atoms with Crippen LogP contribution in [0.4, 0.5) is 4.79 Å². The second-order valence-corrected chi connectivity index (χ2v) is 4.72. The summed E-state index contributed by atoms with van der Waals surface area (Å²) < 4.78 is 13.6. The van der Waals surface area contributed by atoms with Crippen LogP contribution in [-0.4, -0.2) is 38.6 Å². The van der Waals surface area contributed by atoms with Crippen LogP contribution in [0, 0.1) is 0 Å². The Morgan fingerprint density at radius 3 is 2.45 bits per heavy atom. The fraction of sp³-hybridized carbons (Fsp3) is 0.273. The molecule has 1 aliphatic heterocycles. The smallest absolute Gasteiger partial charge is 0.446 e. The zero-order valence-electron chi connectivity index (χ0n) is 10.2. The molecule has 2 rings (SSSR count). The normalized spacial score (nSPS) is 17.1. The lowest BCUT2D eigenvalue weighted by Gasteiger charge is -2.18. The molecule has 2 amide bonds. The van der Waals surface area contributed by atoms with Gasteiger partial charge in [0.1, 0.15) is 12.6 Å². The molecule has 0 spiro atoms. The molecule has 1 heterocycles. The van der Waals surface area contributed by atoms with Crippen molar-refractivity contribution in [3.05, 3.63) is 35.9 Å². The first-order valence-electron chi connectivity index (χ1n) is 5.42. The number of imide groups is 1. The summed E-state index contributed by atoms with van der Waals surface area (Å²) in [5, 5.41) is 0.117. The summed E-state index contributed by atoms with van der Waals surface area (Å²) in [6.07, 6.45) is -0.571. The van der Waals surface area contributed by atoms with E-state index in [4.69, 9.17) is 19.1 Å². The molecule has 7 nitrogen and oxygen atoms in total. The van der Waals surface area contributed by atoms with Crippen molar-refractivity contribution in [2.45, 2.75) is 6.04 Å². The summed E-state index contributed by atoms with van der Waals surface area (Å²) in [4.78, 5) is 38.4. The van der Waals surface area contributed by atoms with E-state index in [-0.39, 0.29) is 23.9 Å². The summed E-state index contributed by atoms with van der Waals surface area (Å²) >= 11 is 3.05. The number of ether oxygens (including phenoxy) is 1. The van der Waals surface area contributed by atoms with Gasteiger partial charge in [0.05, 0.1) is 5.33 Å². The molecule has 0 bridgehead atoms. The average molecular weight is 365 g/mol. The number of carbonyl (C=O) groups is 2. The highest BCUT2D eigenvalue weighted by molar-refractivity contribution is 9.09. The topological polar surface area (TPSA) is 104 Å². The number of cyclic esters (lactones) is 1. The standard InChI is InChI=1S/C11H10BrNO3.HO3P/c12-6-10(14)13-9(7-16-11(13)15)8-4-2-1-3-5-8;1-4(2)3/h1-5,9H,6-7H2;(H-,1,2,3)/p+1/t9-;/m1./s1. The molecular formula is C11H12BrNO6P+. The van der Waals surface area contributed by atoms with E-state index >= 15 is 0 Å². The lowest BCUT2D eigenvalue weighted by atomic mass is 10.1. The number of alkyl halides is 1. The molecule has 9 heteroatoms. The van der Waals surface area contributed by atoms with Gasteiger partial charge in [-0.05, 0) is 5.56 Å². The highest BCUT2D eigenvalue weighted by atomic mass is 79.9. The van der Waals surface area contributed by atoms with Crippen molar-refractivity contribution in [1.29, 1.82) is 0 Å². The first-order valence-corrected chi connectivity index (χ1v) is 7.70. The molecule has 20 heavy (non-hydrogen) atoms. The first kappa shape index (κ1) is 16.7. The van der Waals surface area contributed by atoms with Gasteiger partial charge in [-0.1, -0.05) is 46.3 Å². The number of carbonyl (C=O) groups excluding carboxylic acids is 2. The maximum Gasteiger partial charge on any atom is 0.692 e. The Labute approximate surface area is 124 Å². The minimum Gasteiger partial charge on any atom is -0.446 e. The lowest BCUT2D eigenvalue weighted by molar-refractivity contribution is -0.126. The zero-order chi connectivity index (χ0) is 15.1. The van der Waals surface area contributed by atoms with Crippen LogP contribution >= 0.6 is 24.2 Å². The van der Waals surface area contributed by atoms with E-state index < -0.39 is 14.3 Å². The third kappa shape index (κ3) is 4.64. The average Bonchev–Trinajstić information content (AvgIpc) is 2.80. The SMILES string of the molecule is O=C(CBr)N1C(=O)OC[C@@H]1c1ccccc1.O=[P+](O)O. The fourth-order valence-corrected chi connectivity index (χ4v) is 1.95. The summed E-state index contributed by atoms with van der Waals surface area (Å²) in [5.41, 5.74) is 0.905. The predicted octanol–water partition coefficient (Wildman–Crippen LogP) is 1.73. The van der Waals surface area contributed by atoms with E-state index in [2.05, 4.69) is 15.9 Å². The predicted molar refractivity (Wildman–Crippen MR) is 73.2 cm³/mol. The summed E-state index contributed by atoms with van der Waals surface area (Å²) in [5.74, 6) is -0.281. The van der Waals surface area contributed by atoms with Crippen molar-refractivity contribution < 1.29 is 28.7 Å². The summed E-state index contributed by atoms with van der Waals surface area (Å²) in [7, 11) is -2.87. The van der Waals surface area contributed by atoms with Crippen LogP contribution < -0.4 is 0 Å². The van der Waals surface area contributed by atoms with Crippen LogP contribution in [0.3, 0.4) is 0 Å². The number of benzene rings is 1. The number of halogens is 1. The van der Waals surface area contributed by atoms with E-state index in [0.717, 1.165) is 10.5 Å². The monoisotopic (exact) mass is 364 g/mol. The van der Waals surface area contributed by atoms with Crippen LogP contribution in [0.15, 0.2) is 30.3 Å². The summed E-state index contributed by atoms with van der Waals surface area (Å²) in [6.45, 7) is 0.224. The quantitative estimate of drug-likeness (QED) is 0.611. The van der Waals surface area contributed by atoms with Crippen molar-refractivity contribution in [1.82, 2.24) is 4.90 Å². The van der Waals surface area contributed by atoms with Crippen LogP contribution in [-0.2, 0) is 14.1 Å². The minimum atomic E-state index is -2.87. The third-order valence-corrected chi connectivity index (χ3v) is 2.92. The van der Waals surface area contributed by atoms with Crippen LogP contribution in [0.2, 0.25) is 0 Å². The van der Waals surface area contributed by atoms with Gasteiger partial charge in [-0.2, -0.15) is 0 Å². The van der Waals surface area contributed by atoms with Gasteiger partial charge in [-0.25, -0.2) is 9.69 Å². The maximum absolute atomic E-state index is 11.6. The van der Waals surface area contributed by atoms with E-state index in [9.17, 15) is 9.59 Å². The van der Waals surface area contributed by atoms with Gasteiger partial charge in [0, 0.05) is 4.57 Å². The van der Waals surface area contributed by atoms with Gasteiger partial charge in [-0.15, -0.1) is 9.79 Å². The third-order valence-electron chi connectivity index (χ3n) is 2.44. The fourth-order valence-electron chi connectivity index (χ4n) is 1.68. The molecule has 0 radical (unpaired) electrons. The molecule has 1 saturated heterocycles. The lowest BCUT2D eigenvalue weighted by Crippen LogP contribution is -2.34.